The van der Waals surface area contributed by atoms with E-state index in [4.69, 9.17) is 16.3 Å². The second kappa shape index (κ2) is 6.26. The molecule has 0 saturated carbocycles. The summed E-state index contributed by atoms with van der Waals surface area (Å²) in [5, 5.41) is 8.61. The maximum atomic E-state index is 11.1. The van der Waals surface area contributed by atoms with E-state index in [0.29, 0.717) is 23.9 Å². The van der Waals surface area contributed by atoms with Crippen molar-refractivity contribution in [2.75, 3.05) is 6.61 Å². The van der Waals surface area contributed by atoms with Crippen molar-refractivity contribution in [3.05, 3.63) is 40.7 Å². The van der Waals surface area contributed by atoms with E-state index in [0.717, 1.165) is 17.7 Å². The predicted octanol–water partition coefficient (Wildman–Crippen LogP) is 3.12. The molecule has 112 valence electrons. The van der Waals surface area contributed by atoms with Gasteiger partial charge in [-0.25, -0.2) is 4.68 Å². The zero-order valence-electron chi connectivity index (χ0n) is 12.3. The second-order valence-electron chi connectivity index (χ2n) is 5.72. The molecule has 2 rings (SSSR count). The first-order valence-electron chi connectivity index (χ1n) is 6.69. The molecular weight excluding hydrogens is 290 g/mol. The molecule has 0 aliphatic rings. The lowest BCUT2D eigenvalue weighted by atomic mass is 9.90. The molecule has 0 aliphatic carbocycles. The lowest BCUT2D eigenvalue weighted by Crippen LogP contribution is -2.22. The van der Waals surface area contributed by atoms with Crippen molar-refractivity contribution < 1.29 is 9.53 Å². The number of nitrogens with zero attached hydrogens (tertiary/aromatic N) is 3. The van der Waals surface area contributed by atoms with E-state index in [2.05, 4.69) is 10.3 Å². The summed E-state index contributed by atoms with van der Waals surface area (Å²) < 4.78 is 7.36. The van der Waals surface area contributed by atoms with Gasteiger partial charge in [-0.05, 0) is 24.3 Å². The van der Waals surface area contributed by atoms with Gasteiger partial charge in [-0.15, -0.1) is 5.10 Å². The quantitative estimate of drug-likeness (QED) is 0.796. The Balaban J connectivity index is 2.05. The maximum absolute atomic E-state index is 11.1. The second-order valence-corrected chi connectivity index (χ2v) is 6.15. The third-order valence-corrected chi connectivity index (χ3v) is 3.22. The van der Waals surface area contributed by atoms with Crippen molar-refractivity contribution in [3.8, 4) is 5.75 Å². The number of aldehydes is 1. The van der Waals surface area contributed by atoms with Crippen molar-refractivity contribution in [3.63, 3.8) is 0 Å². The molecule has 0 radical (unpaired) electrons. The average molecular weight is 308 g/mol. The van der Waals surface area contributed by atoms with Crippen LogP contribution < -0.4 is 4.74 Å². The lowest BCUT2D eigenvalue weighted by molar-refractivity contribution is 0.111. The summed E-state index contributed by atoms with van der Waals surface area (Å²) >= 11 is 5.82. The van der Waals surface area contributed by atoms with Crippen molar-refractivity contribution in [1.82, 2.24) is 15.0 Å². The van der Waals surface area contributed by atoms with Crippen LogP contribution in [0.5, 0.6) is 5.75 Å². The van der Waals surface area contributed by atoms with Gasteiger partial charge in [0.2, 0.25) is 0 Å². The first-order chi connectivity index (χ1) is 9.91. The molecule has 1 aromatic carbocycles. The molecule has 0 atom stereocenters. The van der Waals surface area contributed by atoms with Gasteiger partial charge in [0.05, 0.1) is 12.2 Å². The average Bonchev–Trinajstić information content (AvgIpc) is 2.84. The zero-order valence-corrected chi connectivity index (χ0v) is 13.1. The Kier molecular flexibility index (Phi) is 4.63. The topological polar surface area (TPSA) is 57.0 Å². The van der Waals surface area contributed by atoms with Crippen LogP contribution in [0.4, 0.5) is 0 Å². The Morgan fingerprint density at radius 2 is 1.95 bits per heavy atom. The number of aromatic nitrogens is 3. The van der Waals surface area contributed by atoms with Crippen molar-refractivity contribution in [2.24, 2.45) is 0 Å². The van der Waals surface area contributed by atoms with E-state index in [9.17, 15) is 4.79 Å². The van der Waals surface area contributed by atoms with Gasteiger partial charge in [-0.3, -0.25) is 4.79 Å². The molecule has 2 aromatic rings. The number of benzene rings is 1. The summed E-state index contributed by atoms with van der Waals surface area (Å²) in [6, 6.07) is 7.17. The minimum absolute atomic E-state index is 0.208. The Bertz CT molecular complexity index is 615. The van der Waals surface area contributed by atoms with Crippen LogP contribution >= 0.6 is 11.6 Å². The van der Waals surface area contributed by atoms with E-state index >= 15 is 0 Å². The molecule has 5 nitrogen and oxygen atoms in total. The number of hydrogen-bond acceptors (Lipinski definition) is 4. The summed E-state index contributed by atoms with van der Waals surface area (Å²) in [5.74, 6) is 0.743. The molecule has 0 saturated heterocycles. The van der Waals surface area contributed by atoms with Gasteiger partial charge in [0.15, 0.2) is 6.29 Å². The van der Waals surface area contributed by atoms with Crippen LogP contribution in [-0.4, -0.2) is 27.9 Å². The highest BCUT2D eigenvalue weighted by Gasteiger charge is 2.24. The van der Waals surface area contributed by atoms with Crippen LogP contribution in [0.3, 0.4) is 0 Å². The van der Waals surface area contributed by atoms with Gasteiger partial charge < -0.3 is 4.74 Å². The fourth-order valence-corrected chi connectivity index (χ4v) is 2.24. The van der Waals surface area contributed by atoms with E-state index in [1.807, 2.05) is 32.9 Å². The molecule has 1 aromatic heterocycles. The van der Waals surface area contributed by atoms with Gasteiger partial charge in [0, 0.05) is 10.4 Å². The normalized spacial score (nSPS) is 11.4. The van der Waals surface area contributed by atoms with E-state index in [1.54, 1.807) is 16.8 Å². The van der Waals surface area contributed by atoms with Gasteiger partial charge in [0.1, 0.15) is 18.1 Å². The highest BCUT2D eigenvalue weighted by atomic mass is 35.5. The van der Waals surface area contributed by atoms with Crippen LogP contribution in [-0.2, 0) is 12.0 Å². The molecule has 0 fully saturated rings. The number of carbonyl (C=O) groups excluding carboxylic acids is 1. The zero-order chi connectivity index (χ0) is 15.5. The minimum atomic E-state index is -0.208. The molecule has 0 spiro atoms. The number of hydrogen-bond donors (Lipinski definition) is 0. The SMILES string of the molecule is CC(C)(C)c1c(C=O)nnn1CCOc1ccc(Cl)cc1. The summed E-state index contributed by atoms with van der Waals surface area (Å²) in [6.45, 7) is 7.03. The van der Waals surface area contributed by atoms with E-state index in [-0.39, 0.29) is 5.41 Å². The highest BCUT2D eigenvalue weighted by molar-refractivity contribution is 6.30. The summed E-state index contributed by atoms with van der Waals surface area (Å²) in [5.41, 5.74) is 0.992. The molecule has 0 N–H and O–H groups in total. The third-order valence-electron chi connectivity index (χ3n) is 2.97. The van der Waals surface area contributed by atoms with Gasteiger partial charge in [-0.2, -0.15) is 0 Å². The van der Waals surface area contributed by atoms with Crippen molar-refractivity contribution in [1.29, 1.82) is 0 Å². The molecule has 6 heteroatoms. The summed E-state index contributed by atoms with van der Waals surface area (Å²) in [4.78, 5) is 11.1. The number of carbonyl (C=O) groups is 1. The van der Waals surface area contributed by atoms with Crippen LogP contribution in [0.2, 0.25) is 5.02 Å². The molecule has 1 heterocycles. The molecular formula is C15H18ClN3O2. The first kappa shape index (κ1) is 15.5. The van der Waals surface area contributed by atoms with Crippen molar-refractivity contribution >= 4 is 17.9 Å². The van der Waals surface area contributed by atoms with E-state index < -0.39 is 0 Å². The van der Waals surface area contributed by atoms with Crippen LogP contribution in [0.25, 0.3) is 0 Å². The van der Waals surface area contributed by atoms with Gasteiger partial charge in [-0.1, -0.05) is 37.6 Å². The fourth-order valence-electron chi connectivity index (χ4n) is 2.11. The third kappa shape index (κ3) is 3.82. The molecule has 0 aliphatic heterocycles. The largest absolute Gasteiger partial charge is 0.492 e. The fraction of sp³-hybridized carbons (Fsp3) is 0.400. The summed E-state index contributed by atoms with van der Waals surface area (Å²) in [7, 11) is 0. The van der Waals surface area contributed by atoms with E-state index in [1.165, 1.54) is 0 Å². The van der Waals surface area contributed by atoms with Gasteiger partial charge in [0.25, 0.3) is 0 Å². The maximum Gasteiger partial charge on any atom is 0.172 e. The summed E-state index contributed by atoms with van der Waals surface area (Å²) in [6.07, 6.45) is 0.740. The molecule has 0 unspecified atom stereocenters. The predicted molar refractivity (Wildman–Crippen MR) is 81.1 cm³/mol. The molecule has 0 amide bonds. The van der Waals surface area contributed by atoms with Crippen LogP contribution in [0, 0.1) is 0 Å². The Morgan fingerprint density at radius 1 is 1.29 bits per heavy atom. The molecule has 0 bridgehead atoms. The van der Waals surface area contributed by atoms with Crippen molar-refractivity contribution in [2.45, 2.75) is 32.7 Å². The highest BCUT2D eigenvalue weighted by Crippen LogP contribution is 2.23. The standard InChI is InChI=1S/C15H18ClN3O2/c1-15(2,3)14-13(10-20)17-18-19(14)8-9-21-12-6-4-11(16)5-7-12/h4-7,10H,8-9H2,1-3H3. The smallest absolute Gasteiger partial charge is 0.172 e. The Labute approximate surface area is 128 Å². The number of ether oxygens (including phenoxy) is 1. The Morgan fingerprint density at radius 3 is 2.52 bits per heavy atom. The van der Waals surface area contributed by atoms with Crippen LogP contribution in [0.15, 0.2) is 24.3 Å². The monoisotopic (exact) mass is 307 g/mol. The van der Waals surface area contributed by atoms with Crippen LogP contribution in [0.1, 0.15) is 37.0 Å². The minimum Gasteiger partial charge on any atom is -0.492 e. The lowest BCUT2D eigenvalue weighted by Gasteiger charge is -2.20. The Hall–Kier alpha value is -1.88. The first-order valence-corrected chi connectivity index (χ1v) is 7.07. The molecule has 21 heavy (non-hydrogen) atoms. The van der Waals surface area contributed by atoms with Gasteiger partial charge >= 0.3 is 0 Å². The number of rotatable bonds is 5. The number of halogens is 1.